The predicted octanol–water partition coefficient (Wildman–Crippen LogP) is 1.59. The molecule has 0 aliphatic rings. The number of rotatable bonds is 0. The Morgan fingerprint density at radius 1 is 1.33 bits per heavy atom. The van der Waals surface area contributed by atoms with Gasteiger partial charge in [0.2, 0.25) is 0 Å². The highest BCUT2D eigenvalue weighted by Gasteiger charge is 1.92. The molecule has 0 heterocycles. The summed E-state index contributed by atoms with van der Waals surface area (Å²) in [4.78, 5) is 8.08. The SMILES string of the molecule is CP(C)(=O)O.C[P+](C)=O. The fourth-order valence-corrected chi connectivity index (χ4v) is 0. The van der Waals surface area contributed by atoms with Crippen molar-refractivity contribution in [2.75, 3.05) is 26.7 Å². The van der Waals surface area contributed by atoms with Crippen LogP contribution in [-0.2, 0) is 9.13 Å². The molecule has 0 radical (unpaired) electrons. The van der Waals surface area contributed by atoms with E-state index >= 15 is 0 Å². The second kappa shape index (κ2) is 5.10. The molecule has 1 N–H and O–H groups in total. The van der Waals surface area contributed by atoms with Crippen molar-refractivity contribution in [2.45, 2.75) is 0 Å². The smallest absolute Gasteiger partial charge is 0.332 e. The summed E-state index contributed by atoms with van der Waals surface area (Å²) in [6.07, 6.45) is 0. The average Bonchev–Trinajstić information content (AvgIpc) is 1.19. The maximum absolute atomic E-state index is 9.77. The van der Waals surface area contributed by atoms with Crippen LogP contribution < -0.4 is 0 Å². The lowest BCUT2D eigenvalue weighted by molar-refractivity contribution is 0.492. The Balaban J connectivity index is 0. The van der Waals surface area contributed by atoms with Crippen molar-refractivity contribution < 1.29 is 14.0 Å². The van der Waals surface area contributed by atoms with Crippen LogP contribution in [0.1, 0.15) is 0 Å². The Morgan fingerprint density at radius 2 is 1.33 bits per heavy atom. The van der Waals surface area contributed by atoms with Gasteiger partial charge in [0.15, 0.2) is 7.37 Å². The monoisotopic (exact) mass is 171 g/mol. The summed E-state index contributed by atoms with van der Waals surface area (Å²) in [5.74, 6) is 0. The zero-order valence-corrected chi connectivity index (χ0v) is 7.95. The molecule has 0 aliphatic heterocycles. The number of hydrogen-bond acceptors (Lipinski definition) is 2. The van der Waals surface area contributed by atoms with Gasteiger partial charge in [-0.1, -0.05) is 4.57 Å². The van der Waals surface area contributed by atoms with Crippen molar-refractivity contribution >= 4 is 15.2 Å². The summed E-state index contributed by atoms with van der Waals surface area (Å²) < 4.78 is 19.4. The van der Waals surface area contributed by atoms with Gasteiger partial charge >= 0.3 is 7.80 Å². The van der Waals surface area contributed by atoms with E-state index in [-0.39, 0.29) is 0 Å². The topological polar surface area (TPSA) is 54.4 Å². The molecule has 0 fully saturated rings. The lowest BCUT2D eigenvalue weighted by Gasteiger charge is -1.86. The first-order valence-corrected chi connectivity index (χ1v) is 7.06. The summed E-state index contributed by atoms with van der Waals surface area (Å²) in [5, 5.41) is 0. The Kier molecular flexibility index (Phi) is 6.81. The standard InChI is InChI=1S/C2H7O2P.C2H6OP/c1-5(2,3)4;1-4(2)3/h1-2H3,(H,3,4);1-2H3/q;+1. The van der Waals surface area contributed by atoms with Gasteiger partial charge in [-0.15, -0.1) is 0 Å². The van der Waals surface area contributed by atoms with Crippen LogP contribution >= 0.6 is 15.2 Å². The van der Waals surface area contributed by atoms with Gasteiger partial charge in [-0.05, 0) is 0 Å². The van der Waals surface area contributed by atoms with E-state index < -0.39 is 15.2 Å². The molecule has 0 amide bonds. The second-order valence-corrected chi connectivity index (χ2v) is 6.32. The molecule has 0 saturated heterocycles. The lowest BCUT2D eigenvalue weighted by Crippen LogP contribution is -1.62. The minimum absolute atomic E-state index is 0.870. The molecular formula is C4H13O3P2+. The third-order valence-electron chi connectivity index (χ3n) is 0. The van der Waals surface area contributed by atoms with Crippen molar-refractivity contribution in [3.05, 3.63) is 0 Å². The van der Waals surface area contributed by atoms with E-state index in [1.165, 1.54) is 13.3 Å². The molecule has 0 saturated carbocycles. The summed E-state index contributed by atoms with van der Waals surface area (Å²) in [7, 11) is -3.51. The van der Waals surface area contributed by atoms with Gasteiger partial charge in [-0.25, -0.2) is 0 Å². The summed E-state index contributed by atoms with van der Waals surface area (Å²) in [6.45, 7) is 5.95. The zero-order chi connectivity index (χ0) is 8.08. The molecule has 56 valence electrons. The van der Waals surface area contributed by atoms with Gasteiger partial charge in [0.05, 0.1) is 0 Å². The van der Waals surface area contributed by atoms with Gasteiger partial charge in [0.25, 0.3) is 0 Å². The maximum Gasteiger partial charge on any atom is 0.332 e. The highest BCUT2D eigenvalue weighted by molar-refractivity contribution is 7.56. The number of hydrogen-bond donors (Lipinski definition) is 1. The van der Waals surface area contributed by atoms with E-state index in [1.54, 1.807) is 13.3 Å². The van der Waals surface area contributed by atoms with Crippen molar-refractivity contribution in [3.63, 3.8) is 0 Å². The Labute approximate surface area is 56.7 Å². The van der Waals surface area contributed by atoms with Crippen LogP contribution in [0.3, 0.4) is 0 Å². The summed E-state index contributed by atoms with van der Waals surface area (Å²) >= 11 is 0. The molecule has 0 bridgehead atoms. The van der Waals surface area contributed by atoms with E-state index in [4.69, 9.17) is 4.89 Å². The third kappa shape index (κ3) is 3900. The van der Waals surface area contributed by atoms with Crippen LogP contribution in [0.5, 0.6) is 0 Å². The van der Waals surface area contributed by atoms with Crippen LogP contribution in [0.25, 0.3) is 0 Å². The molecular weight excluding hydrogens is 158 g/mol. The van der Waals surface area contributed by atoms with Crippen molar-refractivity contribution in [2.24, 2.45) is 0 Å². The van der Waals surface area contributed by atoms with Crippen LogP contribution in [0.2, 0.25) is 0 Å². The van der Waals surface area contributed by atoms with Gasteiger partial charge in [-0.3, -0.25) is 4.57 Å². The van der Waals surface area contributed by atoms with E-state index in [0.717, 1.165) is 0 Å². The average molecular weight is 171 g/mol. The molecule has 0 aromatic carbocycles. The van der Waals surface area contributed by atoms with Gasteiger partial charge < -0.3 is 4.89 Å². The Hall–Kier alpha value is 0.290. The van der Waals surface area contributed by atoms with Crippen molar-refractivity contribution in [3.8, 4) is 0 Å². The molecule has 9 heavy (non-hydrogen) atoms. The van der Waals surface area contributed by atoms with Crippen LogP contribution in [-0.4, -0.2) is 31.6 Å². The fourth-order valence-electron chi connectivity index (χ4n) is 0. The minimum Gasteiger partial charge on any atom is -0.345 e. The first-order valence-electron chi connectivity index (χ1n) is 2.35. The largest absolute Gasteiger partial charge is 0.345 e. The van der Waals surface area contributed by atoms with E-state index in [0.29, 0.717) is 0 Å². The molecule has 0 rings (SSSR count). The van der Waals surface area contributed by atoms with Crippen LogP contribution in [0.15, 0.2) is 0 Å². The normalized spacial score (nSPS) is 9.44. The molecule has 0 spiro atoms. The molecule has 0 aromatic heterocycles. The summed E-state index contributed by atoms with van der Waals surface area (Å²) in [5.41, 5.74) is 0. The molecule has 3 nitrogen and oxygen atoms in total. The quantitative estimate of drug-likeness (QED) is 0.563. The lowest BCUT2D eigenvalue weighted by atomic mass is 11.9. The molecule has 0 aliphatic carbocycles. The second-order valence-electron chi connectivity index (χ2n) is 2.11. The third-order valence-corrected chi connectivity index (χ3v) is 0. The van der Waals surface area contributed by atoms with E-state index in [9.17, 15) is 9.13 Å². The summed E-state index contributed by atoms with van der Waals surface area (Å²) in [6, 6.07) is 0. The fraction of sp³-hybridized carbons (Fsp3) is 1.00. The Morgan fingerprint density at radius 3 is 1.33 bits per heavy atom. The van der Waals surface area contributed by atoms with Crippen LogP contribution in [0.4, 0.5) is 0 Å². The van der Waals surface area contributed by atoms with Crippen molar-refractivity contribution in [1.82, 2.24) is 0 Å². The molecule has 0 unspecified atom stereocenters. The first-order chi connectivity index (χ1) is 3.73. The Bertz CT molecular complexity index is 114. The molecule has 0 aromatic rings. The first kappa shape index (κ1) is 12.0. The minimum atomic E-state index is -2.64. The molecule has 5 heteroatoms. The highest BCUT2D eigenvalue weighted by Crippen LogP contribution is 2.27. The predicted molar refractivity (Wildman–Crippen MR) is 41.1 cm³/mol. The van der Waals surface area contributed by atoms with Gasteiger partial charge in [-0.2, -0.15) is 0 Å². The highest BCUT2D eigenvalue weighted by atomic mass is 31.2. The van der Waals surface area contributed by atoms with Crippen LogP contribution in [0, 0.1) is 0 Å². The molecule has 0 atom stereocenters. The van der Waals surface area contributed by atoms with Gasteiger partial charge in [0.1, 0.15) is 13.3 Å². The zero-order valence-electron chi connectivity index (χ0n) is 6.16. The van der Waals surface area contributed by atoms with Crippen molar-refractivity contribution in [1.29, 1.82) is 0 Å². The van der Waals surface area contributed by atoms with E-state index in [1.807, 2.05) is 0 Å². The van der Waals surface area contributed by atoms with E-state index in [2.05, 4.69) is 0 Å². The maximum atomic E-state index is 9.77. The van der Waals surface area contributed by atoms with Gasteiger partial charge in [0, 0.05) is 13.3 Å².